The molecular formula is C21H24N2O2. The Labute approximate surface area is 148 Å². The van der Waals surface area contributed by atoms with Crippen LogP contribution in [0.15, 0.2) is 60.9 Å². The highest BCUT2D eigenvalue weighted by atomic mass is 16.5. The smallest absolute Gasteiger partial charge is 0.119 e. The molecule has 0 amide bonds. The first-order valence-electron chi connectivity index (χ1n) is 8.66. The molecule has 0 atom stereocenters. The van der Waals surface area contributed by atoms with Crippen LogP contribution in [-0.4, -0.2) is 34.7 Å². The largest absolute Gasteiger partial charge is 0.494 e. The van der Waals surface area contributed by atoms with Crippen molar-refractivity contribution in [1.29, 1.82) is 0 Å². The molecule has 0 aliphatic rings. The van der Waals surface area contributed by atoms with Crippen LogP contribution in [0, 0.1) is 0 Å². The van der Waals surface area contributed by atoms with E-state index >= 15 is 0 Å². The van der Waals surface area contributed by atoms with Crippen LogP contribution in [0.5, 0.6) is 5.75 Å². The number of hydrogen-bond acceptors (Lipinski definition) is 4. The monoisotopic (exact) mass is 336 g/mol. The second-order valence-electron chi connectivity index (χ2n) is 6.03. The van der Waals surface area contributed by atoms with Crippen molar-refractivity contribution in [2.24, 2.45) is 0 Å². The van der Waals surface area contributed by atoms with Crippen LogP contribution in [0.2, 0.25) is 0 Å². The topological polar surface area (TPSA) is 45.6 Å². The molecule has 1 heterocycles. The Hall–Kier alpha value is -2.43. The first kappa shape index (κ1) is 17.4. The first-order valence-corrected chi connectivity index (χ1v) is 8.66. The zero-order chi connectivity index (χ0) is 17.5. The number of fused-ring (bicyclic) bond motifs is 1. The minimum absolute atomic E-state index is 0.136. The van der Waals surface area contributed by atoms with Gasteiger partial charge in [-0.1, -0.05) is 30.3 Å². The van der Waals surface area contributed by atoms with Gasteiger partial charge < -0.3 is 9.84 Å². The number of aromatic nitrogens is 1. The van der Waals surface area contributed by atoms with Crippen LogP contribution < -0.4 is 4.74 Å². The van der Waals surface area contributed by atoms with Crippen LogP contribution >= 0.6 is 0 Å². The van der Waals surface area contributed by atoms with Crippen LogP contribution in [0.25, 0.3) is 10.8 Å². The predicted molar refractivity (Wildman–Crippen MR) is 101 cm³/mol. The van der Waals surface area contributed by atoms with Crippen molar-refractivity contribution in [3.63, 3.8) is 0 Å². The van der Waals surface area contributed by atoms with E-state index < -0.39 is 0 Å². The normalized spacial score (nSPS) is 11.2. The van der Waals surface area contributed by atoms with Crippen molar-refractivity contribution in [2.75, 3.05) is 19.8 Å². The van der Waals surface area contributed by atoms with E-state index in [0.717, 1.165) is 24.2 Å². The summed E-state index contributed by atoms with van der Waals surface area (Å²) < 4.78 is 5.59. The minimum atomic E-state index is 0.136. The molecule has 1 N–H and O–H groups in total. The molecule has 0 aliphatic carbocycles. The second-order valence-corrected chi connectivity index (χ2v) is 6.03. The maximum atomic E-state index is 9.47. The Kier molecular flexibility index (Phi) is 5.99. The van der Waals surface area contributed by atoms with Gasteiger partial charge >= 0.3 is 0 Å². The summed E-state index contributed by atoms with van der Waals surface area (Å²) >= 11 is 0. The van der Waals surface area contributed by atoms with Gasteiger partial charge in [-0.3, -0.25) is 9.88 Å². The molecule has 1 aromatic heterocycles. The summed E-state index contributed by atoms with van der Waals surface area (Å²) in [4.78, 5) is 6.45. The van der Waals surface area contributed by atoms with Crippen molar-refractivity contribution in [1.82, 2.24) is 9.88 Å². The SMILES string of the molecule is CCOc1cccc(CN(CCO)Cc2cccc3cnccc23)c1. The molecule has 4 heteroatoms. The van der Waals surface area contributed by atoms with E-state index in [-0.39, 0.29) is 6.61 Å². The third-order valence-corrected chi connectivity index (χ3v) is 4.20. The maximum Gasteiger partial charge on any atom is 0.119 e. The molecule has 3 aromatic rings. The second kappa shape index (κ2) is 8.60. The minimum Gasteiger partial charge on any atom is -0.494 e. The van der Waals surface area contributed by atoms with E-state index in [9.17, 15) is 5.11 Å². The Morgan fingerprint density at radius 1 is 1.08 bits per heavy atom. The molecular weight excluding hydrogens is 312 g/mol. The standard InChI is InChI=1S/C21H24N2O2/c1-2-25-20-8-3-5-17(13-20)15-23(11-12-24)16-19-7-4-6-18-14-22-10-9-21(18)19/h3-10,13-14,24H,2,11-12,15-16H2,1H3. The lowest BCUT2D eigenvalue weighted by Gasteiger charge is -2.22. The lowest BCUT2D eigenvalue weighted by atomic mass is 10.1. The summed E-state index contributed by atoms with van der Waals surface area (Å²) in [5.74, 6) is 0.889. The van der Waals surface area contributed by atoms with Crippen LogP contribution in [-0.2, 0) is 13.1 Å². The third-order valence-electron chi connectivity index (χ3n) is 4.20. The molecule has 0 aliphatic heterocycles. The summed E-state index contributed by atoms with van der Waals surface area (Å²) in [6.07, 6.45) is 3.72. The summed E-state index contributed by atoms with van der Waals surface area (Å²) in [5, 5.41) is 11.8. The van der Waals surface area contributed by atoms with Crippen molar-refractivity contribution in [3.05, 3.63) is 72.1 Å². The van der Waals surface area contributed by atoms with Crippen molar-refractivity contribution in [3.8, 4) is 5.75 Å². The summed E-state index contributed by atoms with van der Waals surface area (Å²) in [7, 11) is 0. The lowest BCUT2D eigenvalue weighted by Crippen LogP contribution is -2.26. The Balaban J connectivity index is 1.80. The van der Waals surface area contributed by atoms with Gasteiger partial charge in [0, 0.05) is 37.4 Å². The van der Waals surface area contributed by atoms with E-state index in [1.807, 2.05) is 31.5 Å². The van der Waals surface area contributed by atoms with Gasteiger partial charge in [0.05, 0.1) is 13.2 Å². The molecule has 25 heavy (non-hydrogen) atoms. The number of rotatable bonds is 8. The molecule has 4 nitrogen and oxygen atoms in total. The number of aliphatic hydroxyl groups is 1. The van der Waals surface area contributed by atoms with Gasteiger partial charge in [-0.15, -0.1) is 0 Å². The molecule has 0 fully saturated rings. The first-order chi connectivity index (χ1) is 12.3. The van der Waals surface area contributed by atoms with E-state index in [2.05, 4.69) is 46.3 Å². The average Bonchev–Trinajstić information content (AvgIpc) is 2.63. The molecule has 3 rings (SSSR count). The fourth-order valence-corrected chi connectivity index (χ4v) is 3.08. The van der Waals surface area contributed by atoms with Crippen molar-refractivity contribution >= 4 is 10.8 Å². The molecule has 0 unspecified atom stereocenters. The zero-order valence-electron chi connectivity index (χ0n) is 14.6. The zero-order valence-corrected chi connectivity index (χ0v) is 14.6. The Morgan fingerprint density at radius 2 is 1.96 bits per heavy atom. The number of aliphatic hydroxyl groups excluding tert-OH is 1. The van der Waals surface area contributed by atoms with E-state index in [4.69, 9.17) is 4.74 Å². The van der Waals surface area contributed by atoms with Gasteiger partial charge in [-0.25, -0.2) is 0 Å². The van der Waals surface area contributed by atoms with E-state index in [1.165, 1.54) is 16.5 Å². The highest BCUT2D eigenvalue weighted by molar-refractivity contribution is 5.84. The summed E-state index contributed by atoms with van der Waals surface area (Å²) in [5.41, 5.74) is 2.43. The molecule has 0 radical (unpaired) electrons. The van der Waals surface area contributed by atoms with Crippen LogP contribution in [0.3, 0.4) is 0 Å². The maximum absolute atomic E-state index is 9.47. The number of hydrogen-bond donors (Lipinski definition) is 1. The fourth-order valence-electron chi connectivity index (χ4n) is 3.08. The number of nitrogens with zero attached hydrogens (tertiary/aromatic N) is 2. The van der Waals surface area contributed by atoms with Crippen LogP contribution in [0.4, 0.5) is 0 Å². The van der Waals surface area contributed by atoms with Gasteiger partial charge in [-0.2, -0.15) is 0 Å². The highest BCUT2D eigenvalue weighted by Crippen LogP contribution is 2.21. The Morgan fingerprint density at radius 3 is 2.80 bits per heavy atom. The third kappa shape index (κ3) is 4.56. The van der Waals surface area contributed by atoms with E-state index in [0.29, 0.717) is 13.2 Å². The van der Waals surface area contributed by atoms with Crippen molar-refractivity contribution in [2.45, 2.75) is 20.0 Å². The van der Waals surface area contributed by atoms with Gasteiger partial charge in [0.2, 0.25) is 0 Å². The quantitative estimate of drug-likeness (QED) is 0.682. The van der Waals surface area contributed by atoms with Gasteiger partial charge in [-0.05, 0) is 41.6 Å². The Bertz CT molecular complexity index is 814. The average molecular weight is 336 g/mol. The van der Waals surface area contributed by atoms with Gasteiger partial charge in [0.15, 0.2) is 0 Å². The molecule has 0 bridgehead atoms. The number of benzene rings is 2. The summed E-state index contributed by atoms with van der Waals surface area (Å²) in [6.45, 7) is 4.95. The van der Waals surface area contributed by atoms with Gasteiger partial charge in [0.1, 0.15) is 5.75 Å². The molecule has 0 spiro atoms. The molecule has 130 valence electrons. The lowest BCUT2D eigenvalue weighted by molar-refractivity contribution is 0.184. The van der Waals surface area contributed by atoms with Gasteiger partial charge in [0.25, 0.3) is 0 Å². The van der Waals surface area contributed by atoms with E-state index in [1.54, 1.807) is 0 Å². The number of ether oxygens (including phenoxy) is 1. The number of pyridine rings is 1. The molecule has 2 aromatic carbocycles. The predicted octanol–water partition coefficient (Wildman–Crippen LogP) is 3.63. The molecule has 0 saturated carbocycles. The fraction of sp³-hybridized carbons (Fsp3) is 0.286. The van der Waals surface area contributed by atoms with Crippen LogP contribution in [0.1, 0.15) is 18.1 Å². The molecule has 0 saturated heterocycles. The van der Waals surface area contributed by atoms with Crippen molar-refractivity contribution < 1.29 is 9.84 Å². The highest BCUT2D eigenvalue weighted by Gasteiger charge is 2.10. The summed E-state index contributed by atoms with van der Waals surface area (Å²) in [6, 6.07) is 16.5.